The van der Waals surface area contributed by atoms with Crippen molar-refractivity contribution in [1.29, 1.82) is 0 Å². The molecule has 41 atom stereocenters. The van der Waals surface area contributed by atoms with Gasteiger partial charge >= 0.3 is 11.9 Å². The third-order valence-corrected chi connectivity index (χ3v) is 27.6. The molecule has 19 N–H and O–H groups in total. The average Bonchev–Trinajstić information content (AvgIpc) is 0.705. The van der Waals surface area contributed by atoms with Crippen molar-refractivity contribution in [3.05, 3.63) is 11.6 Å². The number of carbonyl (C=O) groups is 4. The molecular formula is C73H115NO36. The van der Waals surface area contributed by atoms with E-state index < -0.39 is 291 Å². The van der Waals surface area contributed by atoms with Gasteiger partial charge in [0.15, 0.2) is 49.9 Å². The highest BCUT2D eigenvalue weighted by atomic mass is 16.8. The van der Waals surface area contributed by atoms with E-state index in [0.29, 0.717) is 38.5 Å². The Kier molecular flexibility index (Phi) is 25.4. The van der Waals surface area contributed by atoms with Crippen LogP contribution in [-0.4, -0.2) is 351 Å². The summed E-state index contributed by atoms with van der Waals surface area (Å²) in [5.41, 5.74) is -6.73. The van der Waals surface area contributed by atoms with Crippen molar-refractivity contribution >= 4 is 24.1 Å². The number of hydrogen-bond acceptors (Lipinski definition) is 35. The van der Waals surface area contributed by atoms with Crippen LogP contribution in [0.2, 0.25) is 0 Å². The zero-order valence-electron chi connectivity index (χ0n) is 63.1. The summed E-state index contributed by atoms with van der Waals surface area (Å²) in [6.07, 6.45) is -50.0. The molecule has 7 aliphatic heterocycles. The number of aldehydes is 1. The number of carboxylic acid groups (broad SMARTS) is 1. The molecule has 7 saturated heterocycles. The quantitative estimate of drug-likeness (QED) is 0.0221. The standard InChI is InChI=1S/C73H115NO36/c1-10-39(81)74-40-33(22-75)101-63(55(43(40)84)108-61-48(89)45(86)51(28(3)100-61)104-60-50(91)52(32(79)25-98-60)105-65-57(92)72(96,11-2)27-99-65)110-66(95)73-19-18-67(4,5)20-30(73)29-12-13-36-68(6)16-15-38(69(7,26-77)35(68)14-17-70(36,8)71(29,9)21-37(73)80)103-64-56(109-62-47(88)44(85)42(83)34(23-76)102-62)53(49(90)54(107-64)58(93)94)106-59-46(87)41(82)31(78)24-97-59/h12,26,28,30-38,40-57,59-65,75-76,78-80,82-92,96H,10-11,13-25,27H2,1-9H3,(H,74,81)(H,93,94)/t28?,30?,31-,32-,33?,34?,35-,36?,37?,38+,40+,41+,42+,43?,44+,45?,46?,47?,48?,49+,50?,51+,52?,53+,54?,55?,56?,57?,59+,60+,61+,62+,63+,64-,65+,68?,69-,70?,71-,72+,73-/m1/s1. The van der Waals surface area contributed by atoms with Gasteiger partial charge in [0.1, 0.15) is 133 Å². The first-order valence-corrected chi connectivity index (χ1v) is 38.4. The minimum atomic E-state index is -2.23. The number of aliphatic hydroxyl groups excluding tert-OH is 16. The number of fused-ring (bicyclic) bond motifs is 7. The van der Waals surface area contributed by atoms with Crippen molar-refractivity contribution in [2.24, 2.45) is 50.2 Å². The molecule has 19 unspecified atom stereocenters. The van der Waals surface area contributed by atoms with Crippen molar-refractivity contribution in [3.8, 4) is 0 Å². The van der Waals surface area contributed by atoms with E-state index in [2.05, 4.69) is 46.0 Å². The second kappa shape index (κ2) is 32.5. The zero-order valence-corrected chi connectivity index (χ0v) is 63.1. The molecule has 0 bridgehead atoms. The number of carboxylic acids is 1. The summed E-state index contributed by atoms with van der Waals surface area (Å²) in [6, 6.07) is -1.45. The van der Waals surface area contributed by atoms with Crippen LogP contribution in [0.15, 0.2) is 11.6 Å². The Morgan fingerprint density at radius 3 is 1.83 bits per heavy atom. The molecule has 11 fully saturated rings. The van der Waals surface area contributed by atoms with Crippen LogP contribution in [0.1, 0.15) is 133 Å². The van der Waals surface area contributed by atoms with E-state index >= 15 is 4.79 Å². The van der Waals surface area contributed by atoms with Crippen LogP contribution < -0.4 is 5.32 Å². The molecule has 37 nitrogen and oxygen atoms in total. The lowest BCUT2D eigenvalue weighted by atomic mass is 9.33. The van der Waals surface area contributed by atoms with Crippen LogP contribution in [-0.2, 0) is 85.5 Å². The number of ether oxygens (including phenoxy) is 14. The number of esters is 1. The van der Waals surface area contributed by atoms with Gasteiger partial charge in [0.25, 0.3) is 0 Å². The Hall–Kier alpha value is -3.38. The van der Waals surface area contributed by atoms with Gasteiger partial charge in [-0.1, -0.05) is 67.0 Å². The first-order chi connectivity index (χ1) is 51.7. The van der Waals surface area contributed by atoms with Gasteiger partial charge in [-0.05, 0) is 111 Å². The highest BCUT2D eigenvalue weighted by molar-refractivity contribution is 5.80. The number of hydrogen-bond donors (Lipinski definition) is 19. The Morgan fingerprint density at radius 2 is 1.18 bits per heavy atom. The van der Waals surface area contributed by atoms with Gasteiger partial charge in [0.05, 0.1) is 62.8 Å². The molecule has 4 saturated carbocycles. The number of rotatable bonds is 21. The van der Waals surface area contributed by atoms with E-state index in [4.69, 9.17) is 66.3 Å². The molecule has 110 heavy (non-hydrogen) atoms. The molecule has 1 amide bonds. The topological polar surface area (TPSA) is 574 Å². The van der Waals surface area contributed by atoms with Gasteiger partial charge < -0.3 is 168 Å². The zero-order chi connectivity index (χ0) is 80.4. The van der Waals surface area contributed by atoms with Crippen molar-refractivity contribution in [2.45, 2.75) is 335 Å². The minimum absolute atomic E-state index is 0.00455. The van der Waals surface area contributed by atoms with Crippen molar-refractivity contribution in [1.82, 2.24) is 5.32 Å². The van der Waals surface area contributed by atoms with E-state index in [-0.39, 0.29) is 44.6 Å². The number of amides is 1. The van der Waals surface area contributed by atoms with Crippen LogP contribution in [0.3, 0.4) is 0 Å². The van der Waals surface area contributed by atoms with E-state index in [1.165, 1.54) is 13.8 Å². The molecular weight excluding hydrogens is 1470 g/mol. The predicted octanol–water partition coefficient (Wildman–Crippen LogP) is -5.42. The predicted molar refractivity (Wildman–Crippen MR) is 363 cm³/mol. The molecule has 0 radical (unpaired) electrons. The fraction of sp³-hybridized carbons (Fsp3) is 0.918. The molecule has 37 heteroatoms. The minimum Gasteiger partial charge on any atom is -0.479 e. The molecule has 12 aliphatic rings. The number of carbonyl (C=O) groups excluding carboxylic acids is 3. The van der Waals surface area contributed by atoms with Gasteiger partial charge in [-0.2, -0.15) is 0 Å². The maximum Gasteiger partial charge on any atom is 0.335 e. The largest absolute Gasteiger partial charge is 0.479 e. The number of aliphatic carboxylic acids is 1. The van der Waals surface area contributed by atoms with Crippen molar-refractivity contribution < 1.29 is 177 Å². The van der Waals surface area contributed by atoms with E-state index in [0.717, 1.165) is 11.9 Å². The van der Waals surface area contributed by atoms with Gasteiger partial charge in [-0.25, -0.2) is 4.79 Å². The van der Waals surface area contributed by atoms with Gasteiger partial charge in [-0.15, -0.1) is 0 Å². The van der Waals surface area contributed by atoms with Crippen LogP contribution in [0.5, 0.6) is 0 Å². The summed E-state index contributed by atoms with van der Waals surface area (Å²) in [5, 5.41) is 204. The fourth-order valence-corrected chi connectivity index (χ4v) is 20.7. The average molecular weight is 1580 g/mol. The summed E-state index contributed by atoms with van der Waals surface area (Å²) in [5.74, 6) is -4.79. The Bertz CT molecular complexity index is 3270. The lowest BCUT2D eigenvalue weighted by Gasteiger charge is -2.71. The molecule has 5 aliphatic carbocycles. The van der Waals surface area contributed by atoms with Crippen LogP contribution in [0, 0.1) is 50.2 Å². The summed E-state index contributed by atoms with van der Waals surface area (Å²) in [6.45, 7) is 13.6. The lowest BCUT2D eigenvalue weighted by molar-refractivity contribution is -0.391. The fourth-order valence-electron chi connectivity index (χ4n) is 20.7. The highest BCUT2D eigenvalue weighted by Gasteiger charge is 2.73. The van der Waals surface area contributed by atoms with E-state index in [9.17, 15) is 106 Å². The maximum atomic E-state index is 16.0. The number of aliphatic hydroxyl groups is 17. The second-order valence-electron chi connectivity index (χ2n) is 34.4. The number of nitrogens with one attached hydrogen (secondary N) is 1. The van der Waals surface area contributed by atoms with Crippen LogP contribution in [0.25, 0.3) is 0 Å². The van der Waals surface area contributed by atoms with Crippen molar-refractivity contribution in [3.63, 3.8) is 0 Å². The van der Waals surface area contributed by atoms with Crippen LogP contribution >= 0.6 is 0 Å². The lowest BCUT2D eigenvalue weighted by Crippen LogP contribution is -2.70. The molecule has 0 spiro atoms. The van der Waals surface area contributed by atoms with Gasteiger partial charge in [-0.3, -0.25) is 9.59 Å². The molecule has 7 heterocycles. The third kappa shape index (κ3) is 14.8. The van der Waals surface area contributed by atoms with Gasteiger partial charge in [0, 0.05) is 6.42 Å². The van der Waals surface area contributed by atoms with Gasteiger partial charge in [0.2, 0.25) is 12.2 Å². The second-order valence-corrected chi connectivity index (χ2v) is 34.4. The normalized spacial score (nSPS) is 52.9. The smallest absolute Gasteiger partial charge is 0.335 e. The first kappa shape index (κ1) is 86.0. The monoisotopic (exact) mass is 1580 g/mol. The Balaban J connectivity index is 0.800. The maximum absolute atomic E-state index is 16.0. The molecule has 0 aromatic rings. The van der Waals surface area contributed by atoms with E-state index in [1.54, 1.807) is 13.8 Å². The molecule has 0 aromatic heterocycles. The molecule has 628 valence electrons. The van der Waals surface area contributed by atoms with Crippen LogP contribution in [0.4, 0.5) is 0 Å². The molecule has 0 aromatic carbocycles. The molecule has 12 rings (SSSR count). The summed E-state index contributed by atoms with van der Waals surface area (Å²) in [7, 11) is 0. The Morgan fingerprint density at radius 1 is 0.573 bits per heavy atom. The first-order valence-electron chi connectivity index (χ1n) is 38.4. The Labute approximate surface area is 634 Å². The highest BCUT2D eigenvalue weighted by Crippen LogP contribution is 2.76. The number of allylic oxidation sites excluding steroid dienone is 2. The summed E-state index contributed by atoms with van der Waals surface area (Å²) in [4.78, 5) is 56.4. The van der Waals surface area contributed by atoms with Crippen molar-refractivity contribution in [2.75, 3.05) is 33.0 Å². The third-order valence-electron chi connectivity index (χ3n) is 27.6. The van der Waals surface area contributed by atoms with E-state index in [1.807, 2.05) is 0 Å². The SMILES string of the molecule is CCC(=O)N[C@H]1C(CO)O[C@@H](OC(=O)[C@]23CCC(C)(C)CC2C2=CCC4C5(C)CC[C@H](O[C@@H]6OC(C(=O)O)[C@@H](O)[C@H](O[C@@H]7OC[C@@H](O)[C@H](O)C7O)C6O[C@@H]6OC(CO)[C@H](O)[C@H](O)C6O)[C@](C)(C=O)[C@@H]5CCC4(C)[C@]2(C)CC3O)C(O[C@@H]2OC(C)[C@H](O[C@@H]3OC[C@@H](O)C(O[C@@H]4OC[C@@](O)(CC)C4O)C3O)C(O)C2O)C1O. The summed E-state index contributed by atoms with van der Waals surface area (Å²) >= 11 is 0. The summed E-state index contributed by atoms with van der Waals surface area (Å²) < 4.78 is 84.5.